The summed E-state index contributed by atoms with van der Waals surface area (Å²) in [6.07, 6.45) is 1.85. The third-order valence-corrected chi connectivity index (χ3v) is 8.89. The summed E-state index contributed by atoms with van der Waals surface area (Å²) in [6.45, 7) is 0. The number of benzene rings is 5. The Bertz CT molecular complexity index is 2090. The first kappa shape index (κ1) is 32.6. The van der Waals surface area contributed by atoms with Crippen LogP contribution in [0.4, 0.5) is 11.4 Å². The summed E-state index contributed by atoms with van der Waals surface area (Å²) in [5.74, 6) is 0.635. The molecule has 3 N–H and O–H groups in total. The second-order valence-electron chi connectivity index (χ2n) is 10.7. The van der Waals surface area contributed by atoms with Gasteiger partial charge >= 0.3 is 0 Å². The van der Waals surface area contributed by atoms with Gasteiger partial charge in [0.05, 0.1) is 0 Å². The molecule has 0 aliphatic heterocycles. The van der Waals surface area contributed by atoms with E-state index in [-0.39, 0.29) is 11.6 Å². The number of fused-ring (bicyclic) bond motifs is 1. The molecule has 0 fully saturated rings. The smallest absolute Gasteiger partial charge is 0.272 e. The van der Waals surface area contributed by atoms with E-state index < -0.39 is 11.8 Å². The monoisotopic (exact) mass is 715 g/mol. The van der Waals surface area contributed by atoms with Gasteiger partial charge in [-0.1, -0.05) is 82.7 Å². The van der Waals surface area contributed by atoms with Crippen molar-refractivity contribution in [3.63, 3.8) is 0 Å². The molecule has 6 aromatic rings. The molecule has 0 saturated carbocycles. The van der Waals surface area contributed by atoms with E-state index in [4.69, 9.17) is 4.42 Å². The van der Waals surface area contributed by atoms with Crippen molar-refractivity contribution in [3.05, 3.63) is 155 Å². The quantitative estimate of drug-likeness (QED) is 0.0917. The zero-order valence-corrected chi connectivity index (χ0v) is 28.0. The Morgan fingerprint density at radius 3 is 2.25 bits per heavy atom. The predicted octanol–water partition coefficient (Wildman–Crippen LogP) is 9.39. The fourth-order valence-electron chi connectivity index (χ4n) is 4.93. The molecule has 0 atom stereocenters. The van der Waals surface area contributed by atoms with Crippen LogP contribution < -0.4 is 16.0 Å². The lowest BCUT2D eigenvalue weighted by Gasteiger charge is -2.11. The predicted molar refractivity (Wildman–Crippen MR) is 197 cm³/mol. The van der Waals surface area contributed by atoms with Gasteiger partial charge in [0.2, 0.25) is 5.91 Å². The third kappa shape index (κ3) is 8.50. The number of furan rings is 1. The minimum Gasteiger partial charge on any atom is -0.457 e. The van der Waals surface area contributed by atoms with Gasteiger partial charge in [-0.3, -0.25) is 14.4 Å². The van der Waals surface area contributed by atoms with Crippen molar-refractivity contribution in [2.24, 2.45) is 0 Å². The molecule has 0 aliphatic carbocycles. The van der Waals surface area contributed by atoms with Crippen LogP contribution in [0.1, 0.15) is 22.5 Å². The Morgan fingerprint density at radius 2 is 1.46 bits per heavy atom. The van der Waals surface area contributed by atoms with Crippen LogP contribution in [0, 0.1) is 0 Å². The minimum absolute atomic E-state index is 0.0243. The average Bonchev–Trinajstić information content (AvgIpc) is 3.58. The van der Waals surface area contributed by atoms with Gasteiger partial charge in [-0.05, 0) is 72.1 Å². The maximum Gasteiger partial charge on any atom is 0.272 e. The molecule has 0 unspecified atom stereocenters. The van der Waals surface area contributed by atoms with Gasteiger partial charge < -0.3 is 20.4 Å². The standard InChI is InChI=1S/C39H30BrN3O4S/c40-29-15-13-27(14-16-29)36-22-19-31(47-36)25-35(43-38(45)28-8-2-1-3-9-28)39(46)41-30-17-20-32(21-18-30)48-24-23-37(44)42-34-12-6-10-26-7-4-5-11-33(26)34/h1-22,25H,23-24H2,(H,41,46)(H,42,44)(H,43,45). The van der Waals surface area contributed by atoms with Crippen LogP contribution in [0.2, 0.25) is 0 Å². The molecule has 9 heteroatoms. The zero-order chi connectivity index (χ0) is 33.3. The van der Waals surface area contributed by atoms with Crippen LogP contribution in [0.3, 0.4) is 0 Å². The van der Waals surface area contributed by atoms with Crippen molar-refractivity contribution >= 4 is 73.6 Å². The van der Waals surface area contributed by atoms with Gasteiger partial charge in [-0.2, -0.15) is 0 Å². The number of amides is 3. The molecule has 0 radical (unpaired) electrons. The lowest BCUT2D eigenvalue weighted by atomic mass is 10.1. The van der Waals surface area contributed by atoms with Crippen LogP contribution >= 0.6 is 27.7 Å². The minimum atomic E-state index is -0.508. The fourth-order valence-corrected chi connectivity index (χ4v) is 6.04. The lowest BCUT2D eigenvalue weighted by Crippen LogP contribution is -2.30. The largest absolute Gasteiger partial charge is 0.457 e. The molecule has 48 heavy (non-hydrogen) atoms. The highest BCUT2D eigenvalue weighted by Crippen LogP contribution is 2.27. The molecule has 5 aromatic carbocycles. The van der Waals surface area contributed by atoms with E-state index >= 15 is 0 Å². The van der Waals surface area contributed by atoms with Gasteiger partial charge in [0, 0.05) is 55.5 Å². The van der Waals surface area contributed by atoms with E-state index in [1.165, 1.54) is 6.08 Å². The third-order valence-electron chi connectivity index (χ3n) is 7.34. The number of carbonyl (C=O) groups excluding carboxylic acids is 3. The van der Waals surface area contributed by atoms with Gasteiger partial charge in [-0.25, -0.2) is 0 Å². The number of hydrogen-bond acceptors (Lipinski definition) is 5. The van der Waals surface area contributed by atoms with E-state index in [1.54, 1.807) is 54.2 Å². The second kappa shape index (κ2) is 15.5. The number of hydrogen-bond donors (Lipinski definition) is 3. The Morgan fingerprint density at radius 1 is 0.729 bits per heavy atom. The highest BCUT2D eigenvalue weighted by Gasteiger charge is 2.17. The number of thioether (sulfide) groups is 1. The molecule has 1 heterocycles. The van der Waals surface area contributed by atoms with Crippen LogP contribution in [-0.4, -0.2) is 23.5 Å². The highest BCUT2D eigenvalue weighted by atomic mass is 79.9. The normalized spacial score (nSPS) is 11.2. The van der Waals surface area contributed by atoms with Crippen LogP contribution in [0.25, 0.3) is 28.2 Å². The topological polar surface area (TPSA) is 100 Å². The Kier molecular flexibility index (Phi) is 10.5. The Hall–Kier alpha value is -5.38. The number of anilines is 2. The Labute approximate surface area is 290 Å². The van der Waals surface area contributed by atoms with Crippen LogP contribution in [0.15, 0.2) is 153 Å². The molecule has 0 aliphatic rings. The molecular weight excluding hydrogens is 686 g/mol. The SMILES string of the molecule is O=C(CCSc1ccc(NC(=O)C(=Cc2ccc(-c3ccc(Br)cc3)o2)NC(=O)c2ccccc2)cc1)Nc1cccc2ccccc12. The number of rotatable bonds is 11. The van der Waals surface area contributed by atoms with E-state index in [0.29, 0.717) is 34.9 Å². The van der Waals surface area contributed by atoms with Crippen molar-refractivity contribution in [2.75, 3.05) is 16.4 Å². The maximum absolute atomic E-state index is 13.5. The molecule has 3 amide bonds. The maximum atomic E-state index is 13.5. The molecule has 6 rings (SSSR count). The van der Waals surface area contributed by atoms with E-state index in [9.17, 15) is 14.4 Å². The first-order valence-electron chi connectivity index (χ1n) is 15.2. The number of nitrogens with one attached hydrogen (secondary N) is 3. The average molecular weight is 717 g/mol. The number of halogens is 1. The molecule has 0 spiro atoms. The fraction of sp³-hybridized carbons (Fsp3) is 0.0513. The zero-order valence-electron chi connectivity index (χ0n) is 25.6. The lowest BCUT2D eigenvalue weighted by molar-refractivity contribution is -0.116. The molecule has 7 nitrogen and oxygen atoms in total. The van der Waals surface area contributed by atoms with Crippen molar-refractivity contribution < 1.29 is 18.8 Å². The summed E-state index contributed by atoms with van der Waals surface area (Å²) in [4.78, 5) is 40.1. The molecule has 1 aromatic heterocycles. The van der Waals surface area contributed by atoms with Crippen molar-refractivity contribution in [1.82, 2.24) is 5.32 Å². The first-order valence-corrected chi connectivity index (χ1v) is 16.9. The van der Waals surface area contributed by atoms with E-state index in [1.807, 2.05) is 91.0 Å². The number of carbonyl (C=O) groups is 3. The van der Waals surface area contributed by atoms with Gasteiger partial charge in [0.15, 0.2) is 0 Å². The summed E-state index contributed by atoms with van der Waals surface area (Å²) < 4.78 is 6.95. The summed E-state index contributed by atoms with van der Waals surface area (Å²) in [6, 6.07) is 41.0. The van der Waals surface area contributed by atoms with E-state index in [2.05, 4.69) is 31.9 Å². The first-order chi connectivity index (χ1) is 23.4. The summed E-state index contributed by atoms with van der Waals surface area (Å²) in [5, 5.41) is 10.7. The van der Waals surface area contributed by atoms with Crippen LogP contribution in [-0.2, 0) is 9.59 Å². The second-order valence-corrected chi connectivity index (χ2v) is 12.8. The summed E-state index contributed by atoms with van der Waals surface area (Å²) in [5.41, 5.74) is 2.66. The molecule has 238 valence electrons. The summed E-state index contributed by atoms with van der Waals surface area (Å²) >= 11 is 4.99. The highest BCUT2D eigenvalue weighted by molar-refractivity contribution is 9.10. The summed E-state index contributed by atoms with van der Waals surface area (Å²) in [7, 11) is 0. The molecular formula is C39H30BrN3O4S. The molecule has 0 bridgehead atoms. The van der Waals surface area contributed by atoms with Crippen molar-refractivity contribution in [1.29, 1.82) is 0 Å². The van der Waals surface area contributed by atoms with Gasteiger partial charge in [0.1, 0.15) is 17.2 Å². The Balaban J connectivity index is 1.09. The van der Waals surface area contributed by atoms with Gasteiger partial charge in [-0.15, -0.1) is 11.8 Å². The van der Waals surface area contributed by atoms with Gasteiger partial charge in [0.25, 0.3) is 11.8 Å². The van der Waals surface area contributed by atoms with Crippen molar-refractivity contribution in [3.8, 4) is 11.3 Å². The van der Waals surface area contributed by atoms with Crippen LogP contribution in [0.5, 0.6) is 0 Å². The van der Waals surface area contributed by atoms with E-state index in [0.717, 1.165) is 31.4 Å². The van der Waals surface area contributed by atoms with Crippen molar-refractivity contribution in [2.45, 2.75) is 11.3 Å². The molecule has 0 saturated heterocycles.